The maximum Gasteiger partial charge on any atom is 0.340 e. The molecule has 1 N–H and O–H groups in total. The monoisotopic (exact) mass is 349 g/mol. The summed E-state index contributed by atoms with van der Waals surface area (Å²) in [4.78, 5) is 37.0. The largest absolute Gasteiger partial charge is 0.468 e. The summed E-state index contributed by atoms with van der Waals surface area (Å²) < 4.78 is 15.6. The molecule has 0 aromatic rings. The van der Waals surface area contributed by atoms with Gasteiger partial charge in [-0.1, -0.05) is 19.3 Å². The van der Waals surface area contributed by atoms with Crippen molar-refractivity contribution in [3.63, 3.8) is 0 Å². The molecule has 7 nitrogen and oxygen atoms in total. The van der Waals surface area contributed by atoms with Crippen LogP contribution in [0.25, 0.3) is 0 Å². The molecule has 1 saturated carbocycles. The van der Waals surface area contributed by atoms with Crippen LogP contribution in [0.15, 0.2) is 22.8 Å². The van der Waals surface area contributed by atoms with Gasteiger partial charge in [-0.3, -0.25) is 9.59 Å². The first kappa shape index (κ1) is 17.5. The van der Waals surface area contributed by atoms with Gasteiger partial charge in [0.1, 0.15) is 17.3 Å². The number of hydrogen-bond donors (Lipinski definition) is 1. The SMILES string of the molecule is COC(=O)C1=C(NC2CCCCC2)OC2=C(C(=O)CC2)C1C(=O)OC. The van der Waals surface area contributed by atoms with Crippen LogP contribution in [-0.4, -0.2) is 38.0 Å². The minimum absolute atomic E-state index is 0.0222. The highest BCUT2D eigenvalue weighted by atomic mass is 16.5. The normalized spacial score (nSPS) is 23.9. The molecule has 0 aromatic heterocycles. The zero-order valence-electron chi connectivity index (χ0n) is 14.6. The van der Waals surface area contributed by atoms with Gasteiger partial charge in [-0.15, -0.1) is 0 Å². The van der Waals surface area contributed by atoms with Crippen LogP contribution in [0.4, 0.5) is 0 Å². The summed E-state index contributed by atoms with van der Waals surface area (Å²) in [5.41, 5.74) is 0.246. The Morgan fingerprint density at radius 2 is 1.80 bits per heavy atom. The average Bonchev–Trinajstić information content (AvgIpc) is 3.00. The molecule has 7 heteroatoms. The van der Waals surface area contributed by atoms with E-state index in [2.05, 4.69) is 5.32 Å². The molecule has 1 atom stereocenters. The number of hydrogen-bond acceptors (Lipinski definition) is 7. The molecular formula is C18H23NO6. The van der Waals surface area contributed by atoms with E-state index in [1.165, 1.54) is 20.6 Å². The number of rotatable bonds is 4. The van der Waals surface area contributed by atoms with Gasteiger partial charge in [0, 0.05) is 18.9 Å². The Balaban J connectivity index is 2.00. The van der Waals surface area contributed by atoms with Crippen LogP contribution in [-0.2, 0) is 28.6 Å². The number of Topliss-reactive ketones (excluding diaryl/α,β-unsaturated/α-hetero) is 1. The molecule has 0 aromatic carbocycles. The highest BCUT2D eigenvalue weighted by Gasteiger charge is 2.46. The smallest absolute Gasteiger partial charge is 0.340 e. The van der Waals surface area contributed by atoms with Crippen LogP contribution in [0.3, 0.4) is 0 Å². The number of nitrogens with one attached hydrogen (secondary N) is 1. The molecule has 1 heterocycles. The number of ketones is 1. The number of ether oxygens (including phenoxy) is 3. The second kappa shape index (κ2) is 7.29. The first-order valence-electron chi connectivity index (χ1n) is 8.67. The van der Waals surface area contributed by atoms with E-state index >= 15 is 0 Å². The lowest BCUT2D eigenvalue weighted by atomic mass is 9.87. The Bertz CT molecular complexity index is 656. The van der Waals surface area contributed by atoms with E-state index in [4.69, 9.17) is 14.2 Å². The lowest BCUT2D eigenvalue weighted by Gasteiger charge is -2.31. The van der Waals surface area contributed by atoms with Crippen LogP contribution >= 0.6 is 0 Å². The van der Waals surface area contributed by atoms with Crippen molar-refractivity contribution in [1.82, 2.24) is 5.32 Å². The third-order valence-corrected chi connectivity index (χ3v) is 5.01. The first-order chi connectivity index (χ1) is 12.1. The van der Waals surface area contributed by atoms with Gasteiger partial charge < -0.3 is 19.5 Å². The van der Waals surface area contributed by atoms with E-state index in [9.17, 15) is 14.4 Å². The first-order valence-corrected chi connectivity index (χ1v) is 8.67. The van der Waals surface area contributed by atoms with Crippen molar-refractivity contribution in [2.75, 3.05) is 14.2 Å². The van der Waals surface area contributed by atoms with E-state index in [1.54, 1.807) is 0 Å². The van der Waals surface area contributed by atoms with Gasteiger partial charge in [0.05, 0.1) is 19.8 Å². The number of methoxy groups -OCH3 is 2. The second-order valence-corrected chi connectivity index (χ2v) is 6.53. The van der Waals surface area contributed by atoms with Crippen LogP contribution < -0.4 is 5.32 Å². The summed E-state index contributed by atoms with van der Waals surface area (Å²) in [6.45, 7) is 0. The van der Waals surface area contributed by atoms with Crippen molar-refractivity contribution in [1.29, 1.82) is 0 Å². The molecule has 3 aliphatic rings. The Morgan fingerprint density at radius 3 is 2.44 bits per heavy atom. The lowest BCUT2D eigenvalue weighted by molar-refractivity contribution is -0.147. The predicted molar refractivity (Wildman–Crippen MR) is 86.9 cm³/mol. The minimum atomic E-state index is -1.10. The molecule has 136 valence electrons. The van der Waals surface area contributed by atoms with Gasteiger partial charge in [0.15, 0.2) is 5.78 Å². The molecular weight excluding hydrogens is 326 g/mol. The molecule has 2 aliphatic carbocycles. The van der Waals surface area contributed by atoms with Crippen LogP contribution in [0.5, 0.6) is 0 Å². The molecule has 0 radical (unpaired) electrons. The van der Waals surface area contributed by atoms with Gasteiger partial charge in [0.25, 0.3) is 0 Å². The molecule has 0 saturated heterocycles. The van der Waals surface area contributed by atoms with E-state index < -0.39 is 17.9 Å². The van der Waals surface area contributed by atoms with Crippen molar-refractivity contribution < 1.29 is 28.6 Å². The predicted octanol–water partition coefficient (Wildman–Crippen LogP) is 1.73. The zero-order valence-corrected chi connectivity index (χ0v) is 14.6. The summed E-state index contributed by atoms with van der Waals surface area (Å²) in [6.07, 6.45) is 6.02. The fourth-order valence-electron chi connectivity index (χ4n) is 3.75. The summed E-state index contributed by atoms with van der Waals surface area (Å²) in [6, 6.07) is 0.168. The fourth-order valence-corrected chi connectivity index (χ4v) is 3.75. The van der Waals surface area contributed by atoms with Gasteiger partial charge in [0.2, 0.25) is 5.88 Å². The van der Waals surface area contributed by atoms with Gasteiger partial charge in [-0.2, -0.15) is 0 Å². The Labute approximate surface area is 146 Å². The number of carbonyl (C=O) groups excluding carboxylic acids is 3. The maximum atomic E-state index is 12.4. The zero-order chi connectivity index (χ0) is 18.0. The maximum absolute atomic E-state index is 12.4. The molecule has 3 rings (SSSR count). The van der Waals surface area contributed by atoms with Gasteiger partial charge >= 0.3 is 11.9 Å². The Kier molecular flexibility index (Phi) is 5.11. The van der Waals surface area contributed by atoms with Crippen LogP contribution in [0.1, 0.15) is 44.9 Å². The molecule has 0 amide bonds. The van der Waals surface area contributed by atoms with Crippen molar-refractivity contribution in [2.45, 2.75) is 51.0 Å². The van der Waals surface area contributed by atoms with Crippen molar-refractivity contribution in [3.05, 3.63) is 22.8 Å². The van der Waals surface area contributed by atoms with Gasteiger partial charge in [-0.25, -0.2) is 4.79 Å². The second-order valence-electron chi connectivity index (χ2n) is 6.53. The Hall–Kier alpha value is -2.31. The van der Waals surface area contributed by atoms with E-state index in [0.717, 1.165) is 25.7 Å². The van der Waals surface area contributed by atoms with Crippen molar-refractivity contribution in [2.24, 2.45) is 5.92 Å². The quantitative estimate of drug-likeness (QED) is 0.773. The van der Waals surface area contributed by atoms with Crippen LogP contribution in [0.2, 0.25) is 0 Å². The van der Waals surface area contributed by atoms with E-state index in [0.29, 0.717) is 12.2 Å². The summed E-state index contributed by atoms with van der Waals surface area (Å²) in [5, 5.41) is 3.26. The summed E-state index contributed by atoms with van der Waals surface area (Å²) >= 11 is 0. The molecule has 1 fully saturated rings. The minimum Gasteiger partial charge on any atom is -0.468 e. The topological polar surface area (TPSA) is 90.9 Å². The third kappa shape index (κ3) is 3.27. The highest BCUT2D eigenvalue weighted by Crippen LogP contribution is 2.41. The third-order valence-electron chi connectivity index (χ3n) is 5.01. The van der Waals surface area contributed by atoms with E-state index in [1.807, 2.05) is 0 Å². The van der Waals surface area contributed by atoms with E-state index in [-0.39, 0.29) is 35.3 Å². The summed E-state index contributed by atoms with van der Waals surface area (Å²) in [7, 11) is 2.48. The molecule has 25 heavy (non-hydrogen) atoms. The average molecular weight is 349 g/mol. The molecule has 0 bridgehead atoms. The summed E-state index contributed by atoms with van der Waals surface area (Å²) in [5.74, 6) is -1.96. The van der Waals surface area contributed by atoms with Crippen LogP contribution in [0, 0.1) is 5.92 Å². The number of allylic oxidation sites excluding steroid dienone is 1. The number of carbonyl (C=O) groups is 3. The van der Waals surface area contributed by atoms with Gasteiger partial charge in [-0.05, 0) is 12.8 Å². The van der Waals surface area contributed by atoms with Crippen molar-refractivity contribution in [3.8, 4) is 0 Å². The van der Waals surface area contributed by atoms with Crippen molar-refractivity contribution >= 4 is 17.7 Å². The standard InChI is InChI=1S/C18H23NO6/c1-23-17(21)14-13-11(20)8-9-12(13)25-16(15(14)18(22)24-2)19-10-6-4-3-5-7-10/h10,14,19H,3-9H2,1-2H3. The molecule has 0 spiro atoms. The number of esters is 2. The lowest BCUT2D eigenvalue weighted by Crippen LogP contribution is -2.39. The highest BCUT2D eigenvalue weighted by molar-refractivity contribution is 6.08. The Morgan fingerprint density at radius 1 is 1.08 bits per heavy atom. The molecule has 1 unspecified atom stereocenters. The fraction of sp³-hybridized carbons (Fsp3) is 0.611. The molecule has 1 aliphatic heterocycles.